The maximum absolute atomic E-state index is 12.2. The zero-order chi connectivity index (χ0) is 19.3. The molecule has 3 heterocycles. The second-order valence-electron chi connectivity index (χ2n) is 7.62. The van der Waals surface area contributed by atoms with Gasteiger partial charge in [0.15, 0.2) is 5.82 Å². The van der Waals surface area contributed by atoms with Crippen LogP contribution in [0.15, 0.2) is 65.6 Å². The lowest BCUT2D eigenvalue weighted by molar-refractivity contribution is 0.320. The summed E-state index contributed by atoms with van der Waals surface area (Å²) < 4.78 is 0. The van der Waals surface area contributed by atoms with Crippen molar-refractivity contribution < 1.29 is 0 Å². The van der Waals surface area contributed by atoms with Crippen molar-refractivity contribution in [2.24, 2.45) is 0 Å². The third-order valence-corrected chi connectivity index (χ3v) is 5.61. The van der Waals surface area contributed by atoms with Crippen LogP contribution in [0.2, 0.25) is 0 Å². The van der Waals surface area contributed by atoms with Gasteiger partial charge in [0, 0.05) is 24.7 Å². The fourth-order valence-electron chi connectivity index (χ4n) is 3.91. The molecule has 28 heavy (non-hydrogen) atoms. The van der Waals surface area contributed by atoms with Gasteiger partial charge in [-0.1, -0.05) is 43.3 Å². The number of likely N-dealkylation sites (tertiary alicyclic amines) is 1. The van der Waals surface area contributed by atoms with Crippen molar-refractivity contribution >= 4 is 0 Å². The SMILES string of the molecule is C[C@@H](CCN1CC[C@@H](c2cc(=O)[nH]c(-c3ccccn3)n2)C1)c1ccccc1. The van der Waals surface area contributed by atoms with Gasteiger partial charge < -0.3 is 9.88 Å². The molecular formula is C23H26N4O. The molecule has 0 amide bonds. The number of pyridine rings is 1. The van der Waals surface area contributed by atoms with Gasteiger partial charge in [-0.25, -0.2) is 4.98 Å². The van der Waals surface area contributed by atoms with Gasteiger partial charge in [-0.3, -0.25) is 9.78 Å². The van der Waals surface area contributed by atoms with Crippen LogP contribution in [0.1, 0.15) is 42.9 Å². The van der Waals surface area contributed by atoms with Crippen molar-refractivity contribution in [3.63, 3.8) is 0 Å². The Bertz CT molecular complexity index is 955. The van der Waals surface area contributed by atoms with Gasteiger partial charge in [0.05, 0.1) is 5.69 Å². The monoisotopic (exact) mass is 374 g/mol. The quantitative estimate of drug-likeness (QED) is 0.713. The summed E-state index contributed by atoms with van der Waals surface area (Å²) in [6, 6.07) is 18.0. The number of nitrogens with one attached hydrogen (secondary N) is 1. The van der Waals surface area contributed by atoms with Crippen LogP contribution in [-0.2, 0) is 0 Å². The highest BCUT2D eigenvalue weighted by molar-refractivity contribution is 5.48. The minimum absolute atomic E-state index is 0.109. The van der Waals surface area contributed by atoms with Gasteiger partial charge in [-0.15, -0.1) is 0 Å². The number of hydrogen-bond acceptors (Lipinski definition) is 4. The van der Waals surface area contributed by atoms with Crippen molar-refractivity contribution in [1.29, 1.82) is 0 Å². The minimum Gasteiger partial charge on any atom is -0.305 e. The first-order chi connectivity index (χ1) is 13.7. The molecule has 5 heteroatoms. The van der Waals surface area contributed by atoms with Crippen LogP contribution in [0.3, 0.4) is 0 Å². The average molecular weight is 374 g/mol. The molecule has 1 aliphatic rings. The number of aromatic amines is 1. The second kappa shape index (κ2) is 8.48. The van der Waals surface area contributed by atoms with E-state index in [9.17, 15) is 4.79 Å². The smallest absolute Gasteiger partial charge is 0.251 e. The molecule has 0 spiro atoms. The predicted octanol–water partition coefficient (Wildman–Crippen LogP) is 3.82. The van der Waals surface area contributed by atoms with Crippen LogP contribution in [0.25, 0.3) is 11.5 Å². The lowest BCUT2D eigenvalue weighted by Crippen LogP contribution is -2.23. The van der Waals surface area contributed by atoms with Crippen LogP contribution >= 0.6 is 0 Å². The molecular weight excluding hydrogens is 348 g/mol. The molecule has 0 radical (unpaired) electrons. The summed E-state index contributed by atoms with van der Waals surface area (Å²) in [5.41, 5.74) is 2.87. The van der Waals surface area contributed by atoms with E-state index in [0.29, 0.717) is 23.4 Å². The van der Waals surface area contributed by atoms with E-state index in [-0.39, 0.29) is 5.56 Å². The Morgan fingerprint density at radius 3 is 2.79 bits per heavy atom. The molecule has 1 aliphatic heterocycles. The Balaban J connectivity index is 1.40. The molecule has 0 aliphatic carbocycles. The zero-order valence-electron chi connectivity index (χ0n) is 16.2. The fourth-order valence-corrected chi connectivity index (χ4v) is 3.91. The van der Waals surface area contributed by atoms with E-state index in [1.54, 1.807) is 12.3 Å². The highest BCUT2D eigenvalue weighted by Crippen LogP contribution is 2.27. The van der Waals surface area contributed by atoms with Gasteiger partial charge in [-0.2, -0.15) is 0 Å². The molecule has 1 fully saturated rings. The molecule has 1 aromatic carbocycles. The molecule has 0 saturated carbocycles. The molecule has 1 saturated heterocycles. The van der Waals surface area contributed by atoms with Gasteiger partial charge >= 0.3 is 0 Å². The lowest BCUT2D eigenvalue weighted by Gasteiger charge is -2.19. The maximum atomic E-state index is 12.2. The number of aromatic nitrogens is 3. The van der Waals surface area contributed by atoms with Crippen molar-refractivity contribution in [2.45, 2.75) is 31.6 Å². The van der Waals surface area contributed by atoms with E-state index in [1.807, 2.05) is 18.2 Å². The van der Waals surface area contributed by atoms with Crippen molar-refractivity contribution in [1.82, 2.24) is 19.9 Å². The van der Waals surface area contributed by atoms with E-state index in [4.69, 9.17) is 4.98 Å². The summed E-state index contributed by atoms with van der Waals surface area (Å²) >= 11 is 0. The zero-order valence-corrected chi connectivity index (χ0v) is 16.2. The summed E-state index contributed by atoms with van der Waals surface area (Å²) in [6.45, 7) is 5.38. The molecule has 5 nitrogen and oxygen atoms in total. The molecule has 3 aromatic rings. The third kappa shape index (κ3) is 4.37. The first-order valence-corrected chi connectivity index (χ1v) is 9.99. The normalized spacial score (nSPS) is 18.2. The summed E-state index contributed by atoms with van der Waals surface area (Å²) in [5.74, 6) is 1.41. The number of rotatable bonds is 6. The Morgan fingerprint density at radius 1 is 1.18 bits per heavy atom. The number of nitrogens with zero attached hydrogens (tertiary/aromatic N) is 3. The largest absolute Gasteiger partial charge is 0.305 e. The summed E-state index contributed by atoms with van der Waals surface area (Å²) in [7, 11) is 0. The first-order valence-electron chi connectivity index (χ1n) is 9.99. The van der Waals surface area contributed by atoms with Crippen molar-refractivity contribution in [3.05, 3.63) is 82.4 Å². The molecule has 0 bridgehead atoms. The summed E-state index contributed by atoms with van der Waals surface area (Å²) in [4.78, 5) is 26.5. The van der Waals surface area contributed by atoms with E-state index < -0.39 is 0 Å². The number of benzene rings is 1. The Hall–Kier alpha value is -2.79. The second-order valence-corrected chi connectivity index (χ2v) is 7.62. The standard InChI is InChI=1S/C23H26N4O/c1-17(18-7-3-2-4-8-18)10-13-27-14-11-19(16-27)21-15-22(28)26-23(25-21)20-9-5-6-12-24-20/h2-9,12,15,17,19H,10-11,13-14,16H2,1H3,(H,25,26,28)/t17-,19+/m0/s1. The minimum atomic E-state index is -0.109. The van der Waals surface area contributed by atoms with Crippen molar-refractivity contribution in [3.8, 4) is 11.5 Å². The van der Waals surface area contributed by atoms with Crippen LogP contribution < -0.4 is 5.56 Å². The third-order valence-electron chi connectivity index (χ3n) is 5.61. The number of H-pyrrole nitrogens is 1. The van der Waals surface area contributed by atoms with E-state index in [1.165, 1.54) is 5.56 Å². The highest BCUT2D eigenvalue weighted by atomic mass is 16.1. The molecule has 2 aromatic heterocycles. The predicted molar refractivity (Wildman–Crippen MR) is 111 cm³/mol. The molecule has 4 rings (SSSR count). The van der Waals surface area contributed by atoms with E-state index in [2.05, 4.69) is 52.1 Å². The number of hydrogen-bond donors (Lipinski definition) is 1. The highest BCUT2D eigenvalue weighted by Gasteiger charge is 2.26. The van der Waals surface area contributed by atoms with Crippen LogP contribution in [0, 0.1) is 0 Å². The van der Waals surface area contributed by atoms with Gasteiger partial charge in [0.1, 0.15) is 5.69 Å². The van der Waals surface area contributed by atoms with E-state index in [0.717, 1.165) is 38.2 Å². The topological polar surface area (TPSA) is 61.9 Å². The molecule has 2 atom stereocenters. The maximum Gasteiger partial charge on any atom is 0.251 e. The van der Waals surface area contributed by atoms with Crippen LogP contribution in [-0.4, -0.2) is 39.5 Å². The van der Waals surface area contributed by atoms with Crippen LogP contribution in [0.4, 0.5) is 0 Å². The molecule has 1 N–H and O–H groups in total. The molecule has 144 valence electrons. The first kappa shape index (κ1) is 18.6. The Morgan fingerprint density at radius 2 is 2.00 bits per heavy atom. The van der Waals surface area contributed by atoms with Gasteiger partial charge in [0.2, 0.25) is 0 Å². The van der Waals surface area contributed by atoms with Gasteiger partial charge in [0.25, 0.3) is 5.56 Å². The Kier molecular flexibility index (Phi) is 5.63. The fraction of sp³-hybridized carbons (Fsp3) is 0.348. The van der Waals surface area contributed by atoms with Crippen molar-refractivity contribution in [2.75, 3.05) is 19.6 Å². The Labute approximate surface area is 165 Å². The summed E-state index contributed by atoms with van der Waals surface area (Å²) in [6.07, 6.45) is 3.89. The van der Waals surface area contributed by atoms with Gasteiger partial charge in [-0.05, 0) is 49.5 Å². The lowest BCUT2D eigenvalue weighted by atomic mass is 9.98. The van der Waals surface area contributed by atoms with Crippen LogP contribution in [0.5, 0.6) is 0 Å². The van der Waals surface area contributed by atoms with E-state index >= 15 is 0 Å². The molecule has 0 unspecified atom stereocenters. The average Bonchev–Trinajstić information content (AvgIpc) is 3.22. The summed E-state index contributed by atoms with van der Waals surface area (Å²) in [5, 5.41) is 0.